The molecule has 5 aromatic heterocycles. The van der Waals surface area contributed by atoms with Gasteiger partial charge in [0.2, 0.25) is 11.8 Å². The highest BCUT2D eigenvalue weighted by Gasteiger charge is 2.52. The normalized spacial score (nSPS) is 16.6. The molecular weight excluding hydrogens is 1690 g/mol. The summed E-state index contributed by atoms with van der Waals surface area (Å²) in [6, 6.07) is 25.8. The molecule has 3 aromatic carbocycles. The van der Waals surface area contributed by atoms with E-state index in [0.717, 1.165) is 127 Å². The van der Waals surface area contributed by atoms with Crippen LogP contribution >= 0.6 is 123 Å². The number of alkyl halides is 5. The Labute approximate surface area is 642 Å². The predicted octanol–water partition coefficient (Wildman–Crippen LogP) is 13.9. The molecule has 12 rings (SSSR count). The maximum absolute atomic E-state index is 12.8. The third kappa shape index (κ3) is 27.0. The molecule has 0 bridgehead atoms. The molecule has 532 valence electrons. The highest BCUT2D eigenvalue weighted by Crippen LogP contribution is 2.37. The number of aryl methyl sites for hydroxylation is 2. The molecule has 0 saturated carbocycles. The number of hydrogen-bond acceptors (Lipinski definition) is 16. The van der Waals surface area contributed by atoms with E-state index in [-0.39, 0.29) is 30.1 Å². The van der Waals surface area contributed by atoms with Crippen molar-refractivity contribution in [2.45, 2.75) is 112 Å². The van der Waals surface area contributed by atoms with Crippen molar-refractivity contribution in [3.63, 3.8) is 0 Å². The van der Waals surface area contributed by atoms with Crippen molar-refractivity contribution in [2.24, 2.45) is 14.1 Å². The van der Waals surface area contributed by atoms with Crippen molar-refractivity contribution in [3.05, 3.63) is 137 Å². The molecule has 0 atom stereocenters. The second kappa shape index (κ2) is 39.5. The highest BCUT2D eigenvalue weighted by molar-refractivity contribution is 14.2. The van der Waals surface area contributed by atoms with Gasteiger partial charge in [-0.25, -0.2) is 9.78 Å². The first-order valence-corrected chi connectivity index (χ1v) is 38.3. The molecule has 0 radical (unpaired) electrons. The van der Waals surface area contributed by atoms with E-state index in [1.165, 1.54) is 28.4 Å². The van der Waals surface area contributed by atoms with Crippen molar-refractivity contribution in [2.75, 3.05) is 89.7 Å². The predicted molar refractivity (Wildman–Crippen MR) is 425 cm³/mol. The van der Waals surface area contributed by atoms with Gasteiger partial charge in [-0.2, -0.15) is 10.2 Å². The SMILES string of the molecule is CN1CCC(N(C)C(=O)Cc2cc3cc(-c4cnn(C)c4)ccc3cn2)CC1.CN1CCC(N(C)C(=O)Cc2cc3cc(Br)ccc3cn2)CC1.CNC1CCN(C)CC1.Cn1cc(B2OC(C)(C)C(C)(C)O2)cn1.ICI.Nc1cc2cc(Br)ccc2cn1.O=C(Cl)OC(Cl)(Cl)Cl. The van der Waals surface area contributed by atoms with E-state index in [2.05, 4.69) is 191 Å². The quantitative estimate of drug-likeness (QED) is 0.0596. The molecule has 3 N–H and O–H groups in total. The third-order valence-electron chi connectivity index (χ3n) is 17.8. The number of likely N-dealkylation sites (tertiary alicyclic amines) is 3. The Kier molecular flexibility index (Phi) is 33.4. The van der Waals surface area contributed by atoms with Gasteiger partial charge in [0, 0.05) is 131 Å². The summed E-state index contributed by atoms with van der Waals surface area (Å²) in [5, 5.41) is 18.2. The standard InChI is InChI=1S/C22H27N5O.C18H22BrN3O.C10H17BN2O2.C9H7BrN2.C7H16N2.C2Cl4O2.CH2I2/c1-25-8-6-21(7-9-25)27(3)22(28)12-20-11-18-10-16(4-5-17(18)13-23-20)19-14-24-26(2)15-19;1-21-7-5-17(6-8-21)22(2)18(23)11-16-10-14-9-15(19)4-3-13(14)12-20-16;1-9(2)10(3,4)15-11(14-9)8-6-12-13(5)7-8;10-8-2-1-6-5-12-9(11)4-7(6)3-8;1-8-7-3-5-9(2)6-4-7;3-1(7)8-2(4,5)6;2-1-3/h4-5,10-11,13-15,21H,6-9,12H2,1-3H3;3-4,9-10,12,17H,5-8,11H2,1-2H3;6-7H,1-5H3;1-5H,(H2,11,12);7-8H,3-6H2,1-2H3;;1H2. The first-order valence-electron chi connectivity index (χ1n) is 32.1. The molecule has 4 aliphatic rings. The van der Waals surface area contributed by atoms with Crippen LogP contribution in [-0.4, -0.2) is 201 Å². The summed E-state index contributed by atoms with van der Waals surface area (Å²) in [5.74, 6) is 0.854. The summed E-state index contributed by atoms with van der Waals surface area (Å²) < 4.78 is 20.4. The van der Waals surface area contributed by atoms with E-state index < -0.39 is 9.41 Å². The number of nitrogens with one attached hydrogen (secondary N) is 1. The van der Waals surface area contributed by atoms with Gasteiger partial charge in [-0.15, -0.1) is 0 Å². The van der Waals surface area contributed by atoms with Gasteiger partial charge >= 0.3 is 16.5 Å². The zero-order chi connectivity index (χ0) is 72.1. The number of amides is 2. The van der Waals surface area contributed by atoms with Gasteiger partial charge in [0.15, 0.2) is 0 Å². The van der Waals surface area contributed by atoms with Gasteiger partial charge in [0.1, 0.15) is 5.82 Å². The average Bonchev–Trinajstić information content (AvgIpc) is 1.57. The smallest absolute Gasteiger partial charge is 0.402 e. The topological polar surface area (TPSA) is 207 Å². The van der Waals surface area contributed by atoms with Crippen LogP contribution < -0.4 is 16.5 Å². The fourth-order valence-corrected chi connectivity index (χ4v) is 12.3. The Morgan fingerprint density at radius 3 is 1.42 bits per heavy atom. The van der Waals surface area contributed by atoms with Crippen LogP contribution in [0.3, 0.4) is 0 Å². The van der Waals surface area contributed by atoms with Crippen LogP contribution in [0.15, 0.2) is 125 Å². The van der Waals surface area contributed by atoms with Gasteiger partial charge in [0.25, 0.3) is 0 Å². The van der Waals surface area contributed by atoms with Gasteiger partial charge in [-0.3, -0.25) is 28.9 Å². The molecule has 0 aliphatic carbocycles. The maximum atomic E-state index is 12.8. The number of hydrogen-bond donors (Lipinski definition) is 2. The van der Waals surface area contributed by atoms with E-state index in [0.29, 0.717) is 30.7 Å². The minimum absolute atomic E-state index is 0.143. The van der Waals surface area contributed by atoms with Crippen LogP contribution in [0.5, 0.6) is 0 Å². The monoisotopic (exact) mass is 1770 g/mol. The zero-order valence-electron chi connectivity index (χ0n) is 57.8. The van der Waals surface area contributed by atoms with Crippen molar-refractivity contribution >= 4 is 191 Å². The zero-order valence-corrected chi connectivity index (χ0v) is 68.3. The molecule has 98 heavy (non-hydrogen) atoms. The van der Waals surface area contributed by atoms with Gasteiger partial charge < -0.3 is 49.6 Å². The van der Waals surface area contributed by atoms with Crippen LogP contribution in [-0.2, 0) is 50.6 Å². The second-order valence-corrected chi connectivity index (χ2v) is 34.4. The van der Waals surface area contributed by atoms with Crippen LogP contribution in [0.4, 0.5) is 10.6 Å². The lowest BCUT2D eigenvalue weighted by molar-refractivity contribution is -0.132. The number of piperidine rings is 3. The van der Waals surface area contributed by atoms with E-state index in [1.807, 2.05) is 145 Å². The lowest BCUT2D eigenvalue weighted by Gasteiger charge is -2.35. The van der Waals surface area contributed by atoms with Crippen molar-refractivity contribution in [3.8, 4) is 11.1 Å². The summed E-state index contributed by atoms with van der Waals surface area (Å²) in [6.07, 6.45) is 20.6. The van der Waals surface area contributed by atoms with Crippen molar-refractivity contribution in [1.29, 1.82) is 0 Å². The molecule has 2 amide bonds. The van der Waals surface area contributed by atoms with E-state index >= 15 is 0 Å². The van der Waals surface area contributed by atoms with E-state index in [1.54, 1.807) is 21.8 Å². The summed E-state index contributed by atoms with van der Waals surface area (Å²) in [5.41, 5.74) is 8.66. The number of likely N-dealkylation sites (N-methyl/N-ethyl adjacent to an activating group) is 2. The number of halogens is 8. The number of rotatable bonds is 9. The Morgan fingerprint density at radius 1 is 0.612 bits per heavy atom. The number of benzene rings is 3. The van der Waals surface area contributed by atoms with Crippen LogP contribution in [0.25, 0.3) is 43.4 Å². The Bertz CT molecular complexity index is 3800. The first kappa shape index (κ1) is 82.9. The number of nitrogens with zero attached hydrogens (tertiary/aromatic N) is 12. The maximum Gasteiger partial charge on any atom is 0.498 e. The van der Waals surface area contributed by atoms with Crippen LogP contribution in [0.2, 0.25) is 0 Å². The Balaban J connectivity index is 0.000000194. The van der Waals surface area contributed by atoms with E-state index in [4.69, 9.17) is 49.8 Å². The fourth-order valence-electron chi connectivity index (χ4n) is 11.1. The molecule has 20 nitrogen and oxygen atoms in total. The molecule has 29 heteroatoms. The lowest BCUT2D eigenvalue weighted by atomic mass is 9.82. The van der Waals surface area contributed by atoms with Gasteiger partial charge in [-0.1, -0.05) is 101 Å². The van der Waals surface area contributed by atoms with Gasteiger partial charge in [-0.05, 0) is 239 Å². The van der Waals surface area contributed by atoms with Crippen LogP contribution in [0.1, 0.15) is 77.6 Å². The molecule has 4 saturated heterocycles. The van der Waals surface area contributed by atoms with Crippen LogP contribution in [0, 0.1) is 0 Å². The molecule has 8 aromatic rings. The van der Waals surface area contributed by atoms with Crippen molar-refractivity contribution < 1.29 is 28.4 Å². The second-order valence-electron chi connectivity index (χ2n) is 25.6. The number of nitrogens with two attached hydrogens (primary N) is 1. The largest absolute Gasteiger partial charge is 0.498 e. The number of anilines is 1. The number of carbonyl (C=O) groups is 3. The lowest BCUT2D eigenvalue weighted by Crippen LogP contribution is -2.45. The minimum Gasteiger partial charge on any atom is -0.402 e. The third-order valence-corrected chi connectivity index (χ3v) is 19.1. The summed E-state index contributed by atoms with van der Waals surface area (Å²) >= 11 is 30.9. The fraction of sp³-hybridized carbons (Fsp3) is 0.478. The first-order chi connectivity index (χ1) is 46.2. The van der Waals surface area contributed by atoms with Gasteiger partial charge in [0.05, 0.1) is 44.1 Å². The Hall–Kier alpha value is -4.08. The molecule has 0 unspecified atom stereocenters. The number of nitrogen functional groups attached to an aromatic ring is 1. The molecule has 9 heterocycles. The number of aromatic nitrogens is 7. The van der Waals surface area contributed by atoms with E-state index in [9.17, 15) is 14.4 Å². The molecular formula is C69H91BBr2Cl4I2N14O6. The molecule has 0 spiro atoms. The summed E-state index contributed by atoms with van der Waals surface area (Å²) in [4.78, 5) is 58.9. The number of pyridine rings is 3. The molecule has 4 aliphatic heterocycles. The Morgan fingerprint density at radius 2 is 1.02 bits per heavy atom. The number of ether oxygens (including phenoxy) is 1. The number of carbonyl (C=O) groups excluding carboxylic acids is 3. The number of fused-ring (bicyclic) bond motifs is 3. The average molecular weight is 1780 g/mol. The minimum atomic E-state index is -2.04. The summed E-state index contributed by atoms with van der Waals surface area (Å²) in [7, 11) is 15.9. The molecule has 4 fully saturated rings. The summed E-state index contributed by atoms with van der Waals surface area (Å²) in [6.45, 7) is 14.9. The highest BCUT2D eigenvalue weighted by atomic mass is 127. The van der Waals surface area contributed by atoms with Crippen molar-refractivity contribution in [1.82, 2.24) is 64.3 Å².